The number of nitrogens with zero attached hydrogens (tertiary/aromatic N) is 1. The van der Waals surface area contributed by atoms with Gasteiger partial charge in [0.25, 0.3) is 5.69 Å². The highest BCUT2D eigenvalue weighted by Gasteiger charge is 2.37. The minimum absolute atomic E-state index is 0.0903. The van der Waals surface area contributed by atoms with Gasteiger partial charge in [0.2, 0.25) is 0 Å². The number of nitro benzene ring substituents is 1. The molecule has 0 saturated heterocycles. The maximum Gasteiger partial charge on any atom is 0.415 e. The van der Waals surface area contributed by atoms with Crippen LogP contribution in [0, 0.1) is 17.0 Å². The zero-order valence-corrected chi connectivity index (χ0v) is 10.9. The van der Waals surface area contributed by atoms with E-state index in [1.807, 2.05) is 0 Å². The Morgan fingerprint density at radius 2 is 2.05 bits per heavy atom. The Kier molecular flexibility index (Phi) is 5.07. The average molecular weight is 292 g/mol. The molecule has 0 aliphatic heterocycles. The van der Waals surface area contributed by atoms with Gasteiger partial charge in [-0.1, -0.05) is 12.1 Å². The monoisotopic (exact) mass is 292 g/mol. The predicted octanol–water partition coefficient (Wildman–Crippen LogP) is 2.48. The highest BCUT2D eigenvalue weighted by atomic mass is 19.4. The lowest BCUT2D eigenvalue weighted by Gasteiger charge is -2.19. The van der Waals surface area contributed by atoms with E-state index in [1.54, 1.807) is 19.9 Å². The van der Waals surface area contributed by atoms with Crippen LogP contribution in [0.4, 0.5) is 18.9 Å². The maximum absolute atomic E-state index is 12.1. The van der Waals surface area contributed by atoms with Crippen LogP contribution >= 0.6 is 0 Å². The smallest absolute Gasteiger partial charge is 0.382 e. The van der Waals surface area contributed by atoms with Crippen molar-refractivity contribution in [2.45, 2.75) is 32.2 Å². The number of hydrogen-bond acceptors (Lipinski definition) is 4. The first-order valence-electron chi connectivity index (χ1n) is 5.86. The SMILES string of the molecule is Cc1ccc(C(C)NCC(O)C(F)(F)F)cc1[N+](=O)[O-]. The topological polar surface area (TPSA) is 75.4 Å². The zero-order valence-electron chi connectivity index (χ0n) is 10.9. The molecule has 0 aliphatic rings. The van der Waals surface area contributed by atoms with Gasteiger partial charge in [-0.05, 0) is 19.4 Å². The van der Waals surface area contributed by atoms with Gasteiger partial charge in [-0.3, -0.25) is 10.1 Å². The first kappa shape index (κ1) is 16.4. The molecule has 0 amide bonds. The lowest BCUT2D eigenvalue weighted by atomic mass is 10.0. The Morgan fingerprint density at radius 3 is 2.55 bits per heavy atom. The van der Waals surface area contributed by atoms with Crippen LogP contribution < -0.4 is 5.32 Å². The van der Waals surface area contributed by atoms with Crippen molar-refractivity contribution in [1.29, 1.82) is 0 Å². The molecule has 1 rings (SSSR count). The summed E-state index contributed by atoms with van der Waals surface area (Å²) in [5.41, 5.74) is 0.866. The first-order chi connectivity index (χ1) is 9.12. The highest BCUT2D eigenvalue weighted by Crippen LogP contribution is 2.24. The molecule has 0 bridgehead atoms. The summed E-state index contributed by atoms with van der Waals surface area (Å²) in [4.78, 5) is 10.2. The van der Waals surface area contributed by atoms with Crippen LogP contribution in [-0.4, -0.2) is 28.9 Å². The first-order valence-corrected chi connectivity index (χ1v) is 5.86. The molecule has 8 heteroatoms. The summed E-state index contributed by atoms with van der Waals surface area (Å²) in [5.74, 6) is 0. The zero-order chi connectivity index (χ0) is 15.5. The summed E-state index contributed by atoms with van der Waals surface area (Å²) in [7, 11) is 0. The van der Waals surface area contributed by atoms with E-state index in [2.05, 4.69) is 5.32 Å². The number of nitrogens with one attached hydrogen (secondary N) is 1. The van der Waals surface area contributed by atoms with E-state index in [0.717, 1.165) is 0 Å². The van der Waals surface area contributed by atoms with Gasteiger partial charge in [-0.15, -0.1) is 0 Å². The molecule has 0 radical (unpaired) electrons. The van der Waals surface area contributed by atoms with Gasteiger partial charge in [0.15, 0.2) is 6.10 Å². The van der Waals surface area contributed by atoms with Crippen molar-refractivity contribution in [1.82, 2.24) is 5.32 Å². The molecule has 0 heterocycles. The van der Waals surface area contributed by atoms with Gasteiger partial charge in [0.05, 0.1) is 4.92 Å². The van der Waals surface area contributed by atoms with Crippen molar-refractivity contribution in [3.05, 3.63) is 39.4 Å². The molecule has 112 valence electrons. The molecule has 0 spiro atoms. The number of hydrogen-bond donors (Lipinski definition) is 2. The van der Waals surface area contributed by atoms with Gasteiger partial charge in [-0.25, -0.2) is 0 Å². The van der Waals surface area contributed by atoms with Crippen LogP contribution in [0.2, 0.25) is 0 Å². The van der Waals surface area contributed by atoms with Gasteiger partial charge >= 0.3 is 6.18 Å². The molecule has 2 unspecified atom stereocenters. The van der Waals surface area contributed by atoms with Crippen LogP contribution in [0.15, 0.2) is 18.2 Å². The second-order valence-corrected chi connectivity index (χ2v) is 4.49. The predicted molar refractivity (Wildman–Crippen MR) is 66.3 cm³/mol. The number of alkyl halides is 3. The summed E-state index contributed by atoms with van der Waals surface area (Å²) in [6.45, 7) is 2.47. The van der Waals surface area contributed by atoms with E-state index >= 15 is 0 Å². The number of benzene rings is 1. The summed E-state index contributed by atoms with van der Waals surface area (Å²) in [6.07, 6.45) is -7.16. The van der Waals surface area contributed by atoms with E-state index in [4.69, 9.17) is 5.11 Å². The fourth-order valence-electron chi connectivity index (χ4n) is 1.61. The third-order valence-corrected chi connectivity index (χ3v) is 2.93. The Hall–Kier alpha value is -1.67. The van der Waals surface area contributed by atoms with Crippen molar-refractivity contribution >= 4 is 5.69 Å². The fraction of sp³-hybridized carbons (Fsp3) is 0.500. The summed E-state index contributed by atoms with van der Waals surface area (Å²) < 4.78 is 36.4. The molecule has 0 aliphatic carbocycles. The molecule has 2 N–H and O–H groups in total. The second kappa shape index (κ2) is 6.19. The van der Waals surface area contributed by atoms with Gasteiger partial charge in [-0.2, -0.15) is 13.2 Å². The van der Waals surface area contributed by atoms with Crippen molar-refractivity contribution < 1.29 is 23.2 Å². The van der Waals surface area contributed by atoms with Crippen LogP contribution in [0.1, 0.15) is 24.1 Å². The van der Waals surface area contributed by atoms with Crippen molar-refractivity contribution in [2.75, 3.05) is 6.54 Å². The molecule has 5 nitrogen and oxygen atoms in total. The van der Waals surface area contributed by atoms with Crippen molar-refractivity contribution in [3.8, 4) is 0 Å². The highest BCUT2D eigenvalue weighted by molar-refractivity contribution is 5.43. The summed E-state index contributed by atoms with van der Waals surface area (Å²) >= 11 is 0. The Bertz CT molecular complexity index is 491. The summed E-state index contributed by atoms with van der Waals surface area (Å²) in [5, 5.41) is 22.2. The average Bonchev–Trinajstić information content (AvgIpc) is 2.34. The third kappa shape index (κ3) is 4.17. The number of halogens is 3. The van der Waals surface area contributed by atoms with Gasteiger partial charge in [0.1, 0.15) is 0 Å². The van der Waals surface area contributed by atoms with Crippen molar-refractivity contribution in [2.24, 2.45) is 0 Å². The Labute approximate surface area is 113 Å². The molecule has 1 aromatic rings. The standard InChI is InChI=1S/C12H15F3N2O3/c1-7-3-4-9(5-10(7)17(19)20)8(2)16-6-11(18)12(13,14)15/h3-5,8,11,16,18H,6H2,1-2H3. The quantitative estimate of drug-likeness (QED) is 0.646. The number of nitro groups is 1. The molecule has 2 atom stereocenters. The molecular weight excluding hydrogens is 277 g/mol. The van der Waals surface area contributed by atoms with Gasteiger partial charge in [0, 0.05) is 24.2 Å². The fourth-order valence-corrected chi connectivity index (χ4v) is 1.61. The Morgan fingerprint density at radius 1 is 1.45 bits per heavy atom. The van der Waals surface area contributed by atoms with Crippen LogP contribution in [0.25, 0.3) is 0 Å². The maximum atomic E-state index is 12.1. The van der Waals surface area contributed by atoms with E-state index < -0.39 is 29.8 Å². The summed E-state index contributed by atoms with van der Waals surface area (Å²) in [6, 6.07) is 3.89. The second-order valence-electron chi connectivity index (χ2n) is 4.49. The lowest BCUT2D eigenvalue weighted by Crippen LogP contribution is -2.39. The minimum Gasteiger partial charge on any atom is -0.382 e. The largest absolute Gasteiger partial charge is 0.415 e. The molecule has 20 heavy (non-hydrogen) atoms. The molecular formula is C12H15F3N2O3. The molecule has 0 fully saturated rings. The number of aliphatic hydroxyl groups is 1. The number of aliphatic hydroxyl groups excluding tert-OH is 1. The van der Waals surface area contributed by atoms with Crippen LogP contribution in [0.3, 0.4) is 0 Å². The van der Waals surface area contributed by atoms with Gasteiger partial charge < -0.3 is 10.4 Å². The minimum atomic E-state index is -4.69. The van der Waals surface area contributed by atoms with E-state index in [-0.39, 0.29) is 5.69 Å². The van der Waals surface area contributed by atoms with E-state index in [9.17, 15) is 23.3 Å². The number of rotatable bonds is 5. The number of aryl methyl sites for hydroxylation is 1. The Balaban J connectivity index is 2.76. The third-order valence-electron chi connectivity index (χ3n) is 2.93. The lowest BCUT2D eigenvalue weighted by molar-refractivity contribution is -0.385. The normalized spacial score (nSPS) is 14.9. The van der Waals surface area contributed by atoms with Crippen LogP contribution in [-0.2, 0) is 0 Å². The molecule has 1 aromatic carbocycles. The van der Waals surface area contributed by atoms with Crippen LogP contribution in [0.5, 0.6) is 0 Å². The van der Waals surface area contributed by atoms with E-state index in [1.165, 1.54) is 12.1 Å². The van der Waals surface area contributed by atoms with Crippen molar-refractivity contribution in [3.63, 3.8) is 0 Å². The molecule has 0 saturated carbocycles. The molecule has 0 aromatic heterocycles. The van der Waals surface area contributed by atoms with E-state index in [0.29, 0.717) is 11.1 Å².